The van der Waals surface area contributed by atoms with Crippen LogP contribution >= 0.6 is 23.2 Å². The molecule has 3 aromatic rings. The molecule has 0 spiro atoms. The Morgan fingerprint density at radius 2 is 1.70 bits per heavy atom. The van der Waals surface area contributed by atoms with Crippen molar-refractivity contribution in [3.05, 3.63) is 58.2 Å². The molecular formula is C14H6Cl2F2N2. The molecule has 0 saturated heterocycles. The molecule has 6 heteroatoms. The zero-order valence-corrected chi connectivity index (χ0v) is 11.4. The first-order chi connectivity index (χ1) is 9.56. The number of hydrogen-bond acceptors (Lipinski definition) is 2. The molecule has 2 nitrogen and oxygen atoms in total. The van der Waals surface area contributed by atoms with Gasteiger partial charge in [-0.1, -0.05) is 35.3 Å². The molecule has 0 bridgehead atoms. The number of halogens is 4. The van der Waals surface area contributed by atoms with E-state index in [1.54, 1.807) is 24.3 Å². The predicted octanol–water partition coefficient (Wildman–Crippen LogP) is 4.88. The van der Waals surface area contributed by atoms with Gasteiger partial charge in [0.2, 0.25) is 0 Å². The first-order valence-electron chi connectivity index (χ1n) is 5.63. The Morgan fingerprint density at radius 1 is 0.950 bits per heavy atom. The zero-order chi connectivity index (χ0) is 14.3. The van der Waals surface area contributed by atoms with E-state index < -0.39 is 11.6 Å². The van der Waals surface area contributed by atoms with Gasteiger partial charge in [-0.15, -0.1) is 0 Å². The van der Waals surface area contributed by atoms with Crippen molar-refractivity contribution in [1.29, 1.82) is 0 Å². The van der Waals surface area contributed by atoms with Gasteiger partial charge in [-0.25, -0.2) is 18.7 Å². The van der Waals surface area contributed by atoms with E-state index in [0.29, 0.717) is 10.6 Å². The van der Waals surface area contributed by atoms with Crippen molar-refractivity contribution in [1.82, 2.24) is 9.97 Å². The van der Waals surface area contributed by atoms with Crippen molar-refractivity contribution in [3.63, 3.8) is 0 Å². The highest BCUT2D eigenvalue weighted by Crippen LogP contribution is 2.30. The Morgan fingerprint density at radius 3 is 2.45 bits per heavy atom. The fourth-order valence-electron chi connectivity index (χ4n) is 1.88. The third-order valence-corrected chi connectivity index (χ3v) is 3.40. The predicted molar refractivity (Wildman–Crippen MR) is 74.9 cm³/mol. The van der Waals surface area contributed by atoms with Crippen LogP contribution in [-0.4, -0.2) is 9.97 Å². The molecule has 0 atom stereocenters. The molecule has 0 aliphatic heterocycles. The van der Waals surface area contributed by atoms with Crippen LogP contribution in [0.5, 0.6) is 0 Å². The maximum Gasteiger partial charge on any atom is 0.163 e. The average molecular weight is 311 g/mol. The highest BCUT2D eigenvalue weighted by Gasteiger charge is 2.14. The number of rotatable bonds is 1. The number of hydrogen-bond donors (Lipinski definition) is 0. The summed E-state index contributed by atoms with van der Waals surface area (Å²) in [4.78, 5) is 8.14. The largest absolute Gasteiger partial charge is 0.225 e. The number of nitrogens with zero attached hydrogens (tertiary/aromatic N) is 2. The molecule has 1 heterocycles. The lowest BCUT2D eigenvalue weighted by Crippen LogP contribution is -1.95. The first-order valence-corrected chi connectivity index (χ1v) is 6.39. The Hall–Kier alpha value is -1.78. The van der Waals surface area contributed by atoms with Crippen LogP contribution in [0.25, 0.3) is 22.3 Å². The summed E-state index contributed by atoms with van der Waals surface area (Å²) in [6.45, 7) is 0. The SMILES string of the molecule is Fc1cc(F)c2nc(-c3ccccc3Cl)nc(Cl)c2c1. The van der Waals surface area contributed by atoms with Crippen LogP contribution in [0.2, 0.25) is 10.2 Å². The van der Waals surface area contributed by atoms with Gasteiger partial charge in [0.25, 0.3) is 0 Å². The summed E-state index contributed by atoms with van der Waals surface area (Å²) in [5.74, 6) is -1.33. The van der Waals surface area contributed by atoms with Crippen LogP contribution in [-0.2, 0) is 0 Å². The van der Waals surface area contributed by atoms with E-state index in [1.165, 1.54) is 0 Å². The minimum atomic E-state index is -0.794. The number of benzene rings is 2. The fraction of sp³-hybridized carbons (Fsp3) is 0. The molecule has 0 N–H and O–H groups in total. The Balaban J connectivity index is 2.33. The summed E-state index contributed by atoms with van der Waals surface area (Å²) in [5.41, 5.74) is 0.489. The van der Waals surface area contributed by atoms with Crippen LogP contribution in [0.15, 0.2) is 36.4 Å². The molecule has 0 radical (unpaired) electrons. The summed E-state index contributed by atoms with van der Waals surface area (Å²) >= 11 is 12.0. The third kappa shape index (κ3) is 2.21. The van der Waals surface area contributed by atoms with E-state index in [-0.39, 0.29) is 21.9 Å². The molecule has 0 fully saturated rings. The molecule has 1 aromatic heterocycles. The highest BCUT2D eigenvalue weighted by molar-refractivity contribution is 6.35. The van der Waals surface area contributed by atoms with Crippen molar-refractivity contribution in [3.8, 4) is 11.4 Å². The lowest BCUT2D eigenvalue weighted by Gasteiger charge is -2.07. The standard InChI is InChI=1S/C14H6Cl2F2N2/c15-10-4-2-1-3-8(10)14-19-12-9(13(16)20-14)5-7(17)6-11(12)18/h1-6H. The minimum absolute atomic E-state index is 0.0247. The fourth-order valence-corrected chi connectivity index (χ4v) is 2.33. The number of aromatic nitrogens is 2. The Kier molecular flexibility index (Phi) is 3.28. The molecule has 3 rings (SSSR count). The van der Waals surface area contributed by atoms with Crippen LogP contribution in [0.1, 0.15) is 0 Å². The molecule has 0 amide bonds. The van der Waals surface area contributed by atoms with Gasteiger partial charge >= 0.3 is 0 Å². The van der Waals surface area contributed by atoms with Gasteiger partial charge < -0.3 is 0 Å². The maximum absolute atomic E-state index is 13.8. The van der Waals surface area contributed by atoms with Crippen molar-refractivity contribution in [2.24, 2.45) is 0 Å². The third-order valence-electron chi connectivity index (χ3n) is 2.79. The molecule has 0 unspecified atom stereocenters. The Labute approximate surface area is 123 Å². The van der Waals surface area contributed by atoms with E-state index in [4.69, 9.17) is 23.2 Å². The molecule has 0 aliphatic rings. The van der Waals surface area contributed by atoms with Gasteiger partial charge in [-0.3, -0.25) is 0 Å². The lowest BCUT2D eigenvalue weighted by atomic mass is 10.2. The van der Waals surface area contributed by atoms with Crippen molar-refractivity contribution < 1.29 is 8.78 Å². The van der Waals surface area contributed by atoms with Crippen LogP contribution < -0.4 is 0 Å². The molecule has 0 saturated carbocycles. The van der Waals surface area contributed by atoms with Gasteiger partial charge in [0.15, 0.2) is 11.6 Å². The summed E-state index contributed by atoms with van der Waals surface area (Å²) in [7, 11) is 0. The first kappa shape index (κ1) is 13.2. The van der Waals surface area contributed by atoms with Crippen LogP contribution in [0, 0.1) is 11.6 Å². The minimum Gasteiger partial charge on any atom is -0.225 e. The van der Waals surface area contributed by atoms with Gasteiger partial charge in [-0.05, 0) is 18.2 Å². The molecule has 0 aliphatic carbocycles. The van der Waals surface area contributed by atoms with E-state index in [2.05, 4.69) is 9.97 Å². The smallest absolute Gasteiger partial charge is 0.163 e. The number of fused-ring (bicyclic) bond motifs is 1. The zero-order valence-electron chi connectivity index (χ0n) is 9.87. The Bertz CT molecular complexity index is 822. The van der Waals surface area contributed by atoms with Crippen molar-refractivity contribution in [2.75, 3.05) is 0 Å². The van der Waals surface area contributed by atoms with Crippen molar-refractivity contribution >= 4 is 34.1 Å². The normalized spacial score (nSPS) is 11.0. The quantitative estimate of drug-likeness (QED) is 0.598. The summed E-state index contributed by atoms with van der Waals surface area (Å²) in [6.07, 6.45) is 0. The van der Waals surface area contributed by atoms with Crippen molar-refractivity contribution in [2.45, 2.75) is 0 Å². The summed E-state index contributed by atoms with van der Waals surface area (Å²) in [5, 5.41) is 0.522. The summed E-state index contributed by atoms with van der Waals surface area (Å²) < 4.78 is 27.0. The van der Waals surface area contributed by atoms with Crippen LogP contribution in [0.3, 0.4) is 0 Å². The highest BCUT2D eigenvalue weighted by atomic mass is 35.5. The monoisotopic (exact) mass is 310 g/mol. The van der Waals surface area contributed by atoms with Gasteiger partial charge in [0, 0.05) is 17.0 Å². The second-order valence-corrected chi connectivity index (χ2v) is 4.87. The molecular weight excluding hydrogens is 305 g/mol. The van der Waals surface area contributed by atoms with Gasteiger partial charge in [0.05, 0.1) is 5.02 Å². The van der Waals surface area contributed by atoms with E-state index in [1.807, 2.05) is 0 Å². The van der Waals surface area contributed by atoms with Gasteiger partial charge in [-0.2, -0.15) is 0 Å². The molecule has 100 valence electrons. The van der Waals surface area contributed by atoms with Gasteiger partial charge in [0.1, 0.15) is 16.5 Å². The second kappa shape index (κ2) is 4.96. The maximum atomic E-state index is 13.8. The molecule has 2 aromatic carbocycles. The van der Waals surface area contributed by atoms with E-state index in [9.17, 15) is 8.78 Å². The topological polar surface area (TPSA) is 25.8 Å². The molecule has 20 heavy (non-hydrogen) atoms. The lowest BCUT2D eigenvalue weighted by molar-refractivity contribution is 0.590. The second-order valence-electron chi connectivity index (χ2n) is 4.10. The van der Waals surface area contributed by atoms with Crippen LogP contribution in [0.4, 0.5) is 8.78 Å². The van der Waals surface area contributed by atoms with E-state index >= 15 is 0 Å². The van der Waals surface area contributed by atoms with E-state index in [0.717, 1.165) is 12.1 Å². The average Bonchev–Trinajstić information content (AvgIpc) is 2.40. The summed E-state index contributed by atoms with van der Waals surface area (Å²) in [6, 6.07) is 8.72.